The Labute approximate surface area is 144 Å². The molecule has 0 unspecified atom stereocenters. The first kappa shape index (κ1) is 16.3. The molecule has 0 aromatic heterocycles. The van der Waals surface area contributed by atoms with Crippen LogP contribution in [-0.4, -0.2) is 22.8 Å². The Morgan fingerprint density at radius 3 is 2.71 bits per heavy atom. The van der Waals surface area contributed by atoms with E-state index in [-0.39, 0.29) is 34.4 Å². The fourth-order valence-electron chi connectivity index (χ4n) is 6.80. The monoisotopic (exact) mass is 328 g/mol. The predicted octanol–water partition coefficient (Wildman–Crippen LogP) is 3.61. The number of carbonyl (C=O) groups is 2. The first-order valence-corrected chi connectivity index (χ1v) is 9.41. The lowest BCUT2D eigenvalue weighted by molar-refractivity contribution is -0.129. The summed E-state index contributed by atoms with van der Waals surface area (Å²) >= 11 is 0. The van der Waals surface area contributed by atoms with Gasteiger partial charge in [-0.3, -0.25) is 9.59 Å². The van der Waals surface area contributed by atoms with Gasteiger partial charge in [0.25, 0.3) is 0 Å². The van der Waals surface area contributed by atoms with Crippen molar-refractivity contribution in [2.24, 2.45) is 28.6 Å². The molecule has 0 aliphatic heterocycles. The van der Waals surface area contributed by atoms with E-state index in [9.17, 15) is 14.7 Å². The Balaban J connectivity index is 1.73. The molecule has 1 N–H and O–H groups in total. The highest BCUT2D eigenvalue weighted by molar-refractivity contribution is 5.95. The maximum Gasteiger partial charge on any atom is 0.156 e. The van der Waals surface area contributed by atoms with E-state index in [0.29, 0.717) is 24.7 Å². The maximum absolute atomic E-state index is 12.1. The number of rotatable bonds is 1. The minimum absolute atomic E-state index is 0.0451. The third kappa shape index (κ3) is 2.00. The van der Waals surface area contributed by atoms with Crippen molar-refractivity contribution in [2.45, 2.75) is 65.4 Å². The zero-order chi connectivity index (χ0) is 17.3. The van der Waals surface area contributed by atoms with Gasteiger partial charge in [0.15, 0.2) is 11.6 Å². The Hall–Kier alpha value is -1.22. The summed E-state index contributed by atoms with van der Waals surface area (Å²) in [5.74, 6) is 1.54. The van der Waals surface area contributed by atoms with Crippen molar-refractivity contribution in [1.29, 1.82) is 0 Å². The summed E-state index contributed by atoms with van der Waals surface area (Å²) in [5.41, 5.74) is 1.99. The van der Waals surface area contributed by atoms with Crippen LogP contribution in [0, 0.1) is 28.6 Å². The lowest BCUT2D eigenvalue weighted by Crippen LogP contribution is -2.56. The molecule has 0 aromatic rings. The Morgan fingerprint density at radius 2 is 2.00 bits per heavy atom. The maximum atomic E-state index is 12.1. The predicted molar refractivity (Wildman–Crippen MR) is 92.2 cm³/mol. The molecule has 4 aliphatic rings. The quantitative estimate of drug-likeness (QED) is 0.800. The molecule has 0 saturated heterocycles. The van der Waals surface area contributed by atoms with Crippen LogP contribution in [0.1, 0.15) is 59.3 Å². The molecule has 2 saturated carbocycles. The van der Waals surface area contributed by atoms with Gasteiger partial charge in [0.2, 0.25) is 0 Å². The summed E-state index contributed by atoms with van der Waals surface area (Å²) in [6.07, 6.45) is 8.75. The highest BCUT2D eigenvalue weighted by atomic mass is 16.3. The van der Waals surface area contributed by atoms with Crippen LogP contribution >= 0.6 is 0 Å². The third-order valence-corrected chi connectivity index (χ3v) is 7.86. The van der Waals surface area contributed by atoms with Crippen LogP contribution in [0.2, 0.25) is 0 Å². The van der Waals surface area contributed by atoms with Crippen LogP contribution in [0.25, 0.3) is 0 Å². The fourth-order valence-corrected chi connectivity index (χ4v) is 6.80. The number of carbonyl (C=O) groups excluding carboxylic acids is 2. The summed E-state index contributed by atoms with van der Waals surface area (Å²) in [4.78, 5) is 24.0. The Kier molecular flexibility index (Phi) is 3.48. The van der Waals surface area contributed by atoms with E-state index < -0.39 is 0 Å². The lowest BCUT2D eigenvalue weighted by Gasteiger charge is -2.59. The zero-order valence-corrected chi connectivity index (χ0v) is 15.0. The van der Waals surface area contributed by atoms with E-state index in [1.807, 2.05) is 6.08 Å². The standard InChI is InChI=1S/C21H28O3/c1-12(22)16-6-7-17-15-5-4-13-10-14(23)8-9-20(13,2)19(15)18(24)11-21(16,17)3/h6,10,15,17-19,24H,4-5,7-9,11H2,1-3H3/t15-,17-,18+,19+,20-,21+/m0/s1. The largest absolute Gasteiger partial charge is 0.393 e. The molecule has 0 amide bonds. The van der Waals surface area contributed by atoms with Gasteiger partial charge in [-0.1, -0.05) is 25.5 Å². The molecule has 3 heteroatoms. The van der Waals surface area contributed by atoms with Gasteiger partial charge in [-0.15, -0.1) is 0 Å². The zero-order valence-electron chi connectivity index (χ0n) is 15.0. The van der Waals surface area contributed by atoms with Crippen LogP contribution in [0.4, 0.5) is 0 Å². The molecule has 24 heavy (non-hydrogen) atoms. The van der Waals surface area contributed by atoms with Crippen LogP contribution in [0.15, 0.2) is 23.3 Å². The van der Waals surface area contributed by atoms with Gasteiger partial charge in [-0.2, -0.15) is 0 Å². The molecule has 4 rings (SSSR count). The van der Waals surface area contributed by atoms with Crippen molar-refractivity contribution in [1.82, 2.24) is 0 Å². The number of hydrogen-bond acceptors (Lipinski definition) is 3. The Bertz CT molecular complexity index is 673. The molecular formula is C21H28O3. The van der Waals surface area contributed by atoms with E-state index in [2.05, 4.69) is 19.9 Å². The lowest BCUT2D eigenvalue weighted by atomic mass is 9.46. The molecule has 2 fully saturated rings. The summed E-state index contributed by atoms with van der Waals surface area (Å²) in [6, 6.07) is 0. The molecule has 4 aliphatic carbocycles. The van der Waals surface area contributed by atoms with Gasteiger partial charge < -0.3 is 5.11 Å². The van der Waals surface area contributed by atoms with Gasteiger partial charge in [0, 0.05) is 11.8 Å². The Morgan fingerprint density at radius 1 is 1.25 bits per heavy atom. The fraction of sp³-hybridized carbons (Fsp3) is 0.714. The van der Waals surface area contributed by atoms with Crippen LogP contribution in [0.5, 0.6) is 0 Å². The minimum atomic E-state index is -0.390. The third-order valence-electron chi connectivity index (χ3n) is 7.86. The van der Waals surface area contributed by atoms with Gasteiger partial charge in [-0.05, 0) is 73.8 Å². The molecular weight excluding hydrogens is 300 g/mol. The van der Waals surface area contributed by atoms with Crippen molar-refractivity contribution in [2.75, 3.05) is 0 Å². The van der Waals surface area contributed by atoms with Gasteiger partial charge in [-0.25, -0.2) is 0 Å². The number of hydrogen-bond donors (Lipinski definition) is 1. The molecule has 0 bridgehead atoms. The number of allylic oxidation sites excluding steroid dienone is 4. The first-order chi connectivity index (χ1) is 11.3. The normalized spacial score (nSPS) is 47.2. The van der Waals surface area contributed by atoms with E-state index >= 15 is 0 Å². The number of aliphatic hydroxyl groups is 1. The second kappa shape index (κ2) is 5.14. The number of ketones is 2. The number of aliphatic hydroxyl groups excluding tert-OH is 1. The summed E-state index contributed by atoms with van der Waals surface area (Å²) in [7, 11) is 0. The average Bonchev–Trinajstić information content (AvgIpc) is 2.84. The first-order valence-electron chi connectivity index (χ1n) is 9.41. The number of Topliss-reactive ketones (excluding diaryl/α,β-unsaturated/α-hetero) is 1. The molecule has 0 aromatic carbocycles. The van der Waals surface area contributed by atoms with Crippen LogP contribution < -0.4 is 0 Å². The highest BCUT2D eigenvalue weighted by Gasteiger charge is 2.60. The van der Waals surface area contributed by atoms with Gasteiger partial charge >= 0.3 is 0 Å². The van der Waals surface area contributed by atoms with E-state index in [4.69, 9.17) is 0 Å². The summed E-state index contributed by atoms with van der Waals surface area (Å²) < 4.78 is 0. The van der Waals surface area contributed by atoms with E-state index in [0.717, 1.165) is 31.3 Å². The second-order valence-corrected chi connectivity index (χ2v) is 8.99. The molecule has 130 valence electrons. The molecule has 0 radical (unpaired) electrons. The van der Waals surface area contributed by atoms with E-state index in [1.165, 1.54) is 5.57 Å². The van der Waals surface area contributed by atoms with E-state index in [1.54, 1.807) is 6.92 Å². The highest BCUT2D eigenvalue weighted by Crippen LogP contribution is 2.65. The van der Waals surface area contributed by atoms with Crippen LogP contribution in [-0.2, 0) is 9.59 Å². The smallest absolute Gasteiger partial charge is 0.156 e. The second-order valence-electron chi connectivity index (χ2n) is 8.99. The number of fused-ring (bicyclic) bond motifs is 5. The van der Waals surface area contributed by atoms with Crippen LogP contribution in [0.3, 0.4) is 0 Å². The molecule has 0 spiro atoms. The minimum Gasteiger partial charge on any atom is -0.393 e. The van der Waals surface area contributed by atoms with Crippen molar-refractivity contribution >= 4 is 11.6 Å². The van der Waals surface area contributed by atoms with Crippen molar-refractivity contribution in [3.8, 4) is 0 Å². The molecule has 6 atom stereocenters. The van der Waals surface area contributed by atoms with Crippen molar-refractivity contribution < 1.29 is 14.7 Å². The van der Waals surface area contributed by atoms with Gasteiger partial charge in [0.05, 0.1) is 6.10 Å². The summed E-state index contributed by atoms with van der Waals surface area (Å²) in [5, 5.41) is 11.1. The molecule has 3 nitrogen and oxygen atoms in total. The van der Waals surface area contributed by atoms with Crippen molar-refractivity contribution in [3.05, 3.63) is 23.3 Å². The topological polar surface area (TPSA) is 54.4 Å². The summed E-state index contributed by atoms with van der Waals surface area (Å²) in [6.45, 7) is 6.12. The SMILES string of the molecule is CC(=O)C1=CC[C@H]2[C@@H]3CCC4=CC(=O)CC[C@]4(C)[C@H]3[C@H](O)C[C@]12C. The average molecular weight is 328 g/mol. The van der Waals surface area contributed by atoms with Gasteiger partial charge in [0.1, 0.15) is 0 Å². The molecule has 0 heterocycles. The van der Waals surface area contributed by atoms with Crippen molar-refractivity contribution in [3.63, 3.8) is 0 Å².